The molecule has 1 fully saturated rings. The van der Waals surface area contributed by atoms with Gasteiger partial charge in [-0.25, -0.2) is 4.79 Å². The summed E-state index contributed by atoms with van der Waals surface area (Å²) in [6.45, 7) is 1.02. The molecule has 76 valence electrons. The predicted octanol–water partition coefficient (Wildman–Crippen LogP) is 0.354. The van der Waals surface area contributed by atoms with E-state index in [4.69, 9.17) is 10.2 Å². The van der Waals surface area contributed by atoms with Crippen molar-refractivity contribution in [3.8, 4) is 0 Å². The van der Waals surface area contributed by atoms with Crippen LogP contribution in [0.2, 0.25) is 0 Å². The summed E-state index contributed by atoms with van der Waals surface area (Å²) in [6.07, 6.45) is 3.44. The summed E-state index contributed by atoms with van der Waals surface area (Å²) in [5, 5.41) is 20.8. The molecule has 1 saturated heterocycles. The molecule has 13 heavy (non-hydrogen) atoms. The number of piperidine rings is 1. The Morgan fingerprint density at radius 1 is 1.54 bits per heavy atom. The number of carboxylic acids is 1. The van der Waals surface area contributed by atoms with Crippen LogP contribution >= 0.6 is 0 Å². The lowest BCUT2D eigenvalue weighted by molar-refractivity contribution is -0.147. The van der Waals surface area contributed by atoms with Crippen LogP contribution in [0.3, 0.4) is 0 Å². The second kappa shape index (κ2) is 5.19. The van der Waals surface area contributed by atoms with E-state index in [2.05, 4.69) is 5.32 Å². The van der Waals surface area contributed by atoms with Crippen molar-refractivity contribution in [2.75, 3.05) is 6.54 Å². The molecular weight excluding hydrogens is 170 g/mol. The van der Waals surface area contributed by atoms with Crippen LogP contribution in [0.25, 0.3) is 0 Å². The van der Waals surface area contributed by atoms with E-state index in [9.17, 15) is 4.79 Å². The number of rotatable bonds is 4. The molecule has 0 aromatic heterocycles. The molecule has 1 aliphatic rings. The Morgan fingerprint density at radius 3 is 2.85 bits per heavy atom. The van der Waals surface area contributed by atoms with Gasteiger partial charge in [0, 0.05) is 6.04 Å². The number of aliphatic carboxylic acids is 1. The monoisotopic (exact) mass is 187 g/mol. The Bertz CT molecular complexity index is 166. The minimum absolute atomic E-state index is 0.354. The van der Waals surface area contributed by atoms with E-state index in [1.807, 2.05) is 0 Å². The van der Waals surface area contributed by atoms with Gasteiger partial charge in [-0.2, -0.15) is 0 Å². The molecule has 4 nitrogen and oxygen atoms in total. The predicted molar refractivity (Wildman–Crippen MR) is 48.5 cm³/mol. The number of aliphatic hydroxyl groups is 1. The first-order chi connectivity index (χ1) is 6.20. The number of hydrogen-bond acceptors (Lipinski definition) is 3. The summed E-state index contributed by atoms with van der Waals surface area (Å²) in [5.41, 5.74) is 0. The molecule has 0 spiro atoms. The van der Waals surface area contributed by atoms with Gasteiger partial charge < -0.3 is 15.5 Å². The van der Waals surface area contributed by atoms with Crippen molar-refractivity contribution in [1.82, 2.24) is 5.32 Å². The third-order valence-corrected chi connectivity index (χ3v) is 2.49. The molecule has 0 aliphatic carbocycles. The minimum Gasteiger partial charge on any atom is -0.479 e. The van der Waals surface area contributed by atoms with Gasteiger partial charge in [0.05, 0.1) is 0 Å². The lowest BCUT2D eigenvalue weighted by Crippen LogP contribution is -2.35. The van der Waals surface area contributed by atoms with Crippen LogP contribution in [0.5, 0.6) is 0 Å². The van der Waals surface area contributed by atoms with Crippen molar-refractivity contribution >= 4 is 5.97 Å². The summed E-state index contributed by atoms with van der Waals surface area (Å²) >= 11 is 0. The first-order valence-electron chi connectivity index (χ1n) is 4.84. The Labute approximate surface area is 78.0 Å². The number of hydrogen-bond donors (Lipinski definition) is 3. The van der Waals surface area contributed by atoms with Crippen LogP contribution in [-0.4, -0.2) is 34.9 Å². The van der Waals surface area contributed by atoms with E-state index >= 15 is 0 Å². The van der Waals surface area contributed by atoms with Gasteiger partial charge in [0.2, 0.25) is 0 Å². The van der Waals surface area contributed by atoms with Gasteiger partial charge in [0.1, 0.15) is 0 Å². The number of carboxylic acid groups (broad SMARTS) is 1. The molecule has 0 saturated carbocycles. The van der Waals surface area contributed by atoms with Gasteiger partial charge >= 0.3 is 5.97 Å². The van der Waals surface area contributed by atoms with Crippen molar-refractivity contribution in [1.29, 1.82) is 0 Å². The molecule has 1 aliphatic heterocycles. The zero-order valence-electron chi connectivity index (χ0n) is 7.70. The van der Waals surface area contributed by atoms with E-state index in [0.717, 1.165) is 19.4 Å². The number of aliphatic hydroxyl groups excluding tert-OH is 1. The highest BCUT2D eigenvalue weighted by Crippen LogP contribution is 2.12. The number of nitrogens with one attached hydrogen (secondary N) is 1. The van der Waals surface area contributed by atoms with E-state index in [1.165, 1.54) is 12.8 Å². The van der Waals surface area contributed by atoms with Crippen LogP contribution < -0.4 is 5.32 Å². The van der Waals surface area contributed by atoms with Gasteiger partial charge in [0.25, 0.3) is 0 Å². The topological polar surface area (TPSA) is 69.6 Å². The lowest BCUT2D eigenvalue weighted by Gasteiger charge is -2.23. The highest BCUT2D eigenvalue weighted by Gasteiger charge is 2.17. The van der Waals surface area contributed by atoms with Crippen molar-refractivity contribution in [2.45, 2.75) is 44.2 Å². The molecule has 0 aromatic carbocycles. The summed E-state index contributed by atoms with van der Waals surface area (Å²) in [6, 6.07) is 0.405. The fourth-order valence-corrected chi connectivity index (χ4v) is 1.65. The molecule has 0 bridgehead atoms. The van der Waals surface area contributed by atoms with Crippen LogP contribution in [0, 0.1) is 0 Å². The van der Waals surface area contributed by atoms with Crippen LogP contribution in [0.4, 0.5) is 0 Å². The highest BCUT2D eigenvalue weighted by molar-refractivity contribution is 5.71. The molecule has 2 unspecified atom stereocenters. The van der Waals surface area contributed by atoms with Crippen LogP contribution in [0.15, 0.2) is 0 Å². The Kier molecular flexibility index (Phi) is 4.18. The fraction of sp³-hybridized carbons (Fsp3) is 0.889. The molecule has 0 radical (unpaired) electrons. The van der Waals surface area contributed by atoms with Crippen molar-refractivity contribution in [3.05, 3.63) is 0 Å². The van der Waals surface area contributed by atoms with Crippen molar-refractivity contribution in [3.63, 3.8) is 0 Å². The average molecular weight is 187 g/mol. The van der Waals surface area contributed by atoms with E-state index in [-0.39, 0.29) is 0 Å². The minimum atomic E-state index is -1.19. The SMILES string of the molecule is O=C(O)C(O)CCC1CCCCN1. The first kappa shape index (κ1) is 10.5. The van der Waals surface area contributed by atoms with Gasteiger partial charge in [-0.05, 0) is 32.2 Å². The fourth-order valence-electron chi connectivity index (χ4n) is 1.65. The highest BCUT2D eigenvalue weighted by atomic mass is 16.4. The second-order valence-corrected chi connectivity index (χ2v) is 3.58. The Hall–Kier alpha value is -0.610. The summed E-state index contributed by atoms with van der Waals surface area (Å²) < 4.78 is 0. The Balaban J connectivity index is 2.13. The van der Waals surface area contributed by atoms with Gasteiger partial charge in [-0.15, -0.1) is 0 Å². The van der Waals surface area contributed by atoms with E-state index in [0.29, 0.717) is 12.5 Å². The molecule has 4 heteroatoms. The van der Waals surface area contributed by atoms with Gasteiger partial charge in [0.15, 0.2) is 6.10 Å². The number of carbonyl (C=O) groups is 1. The largest absolute Gasteiger partial charge is 0.479 e. The molecule has 1 rings (SSSR count). The lowest BCUT2D eigenvalue weighted by atomic mass is 9.99. The molecule has 1 heterocycles. The first-order valence-corrected chi connectivity index (χ1v) is 4.84. The maximum Gasteiger partial charge on any atom is 0.332 e. The smallest absolute Gasteiger partial charge is 0.332 e. The molecule has 2 atom stereocenters. The third-order valence-electron chi connectivity index (χ3n) is 2.49. The van der Waals surface area contributed by atoms with Gasteiger partial charge in [-0.1, -0.05) is 6.42 Å². The molecule has 3 N–H and O–H groups in total. The molecular formula is C9H17NO3. The summed E-state index contributed by atoms with van der Waals surface area (Å²) in [7, 11) is 0. The second-order valence-electron chi connectivity index (χ2n) is 3.58. The Morgan fingerprint density at radius 2 is 2.31 bits per heavy atom. The quantitative estimate of drug-likeness (QED) is 0.594. The maximum absolute atomic E-state index is 10.3. The third kappa shape index (κ3) is 3.74. The zero-order valence-corrected chi connectivity index (χ0v) is 7.70. The standard InChI is InChI=1S/C9H17NO3/c11-8(9(12)13)5-4-7-3-1-2-6-10-7/h7-8,10-11H,1-6H2,(H,12,13). The summed E-state index contributed by atoms with van der Waals surface area (Å²) in [4.78, 5) is 10.3. The zero-order chi connectivity index (χ0) is 9.68. The normalized spacial score (nSPS) is 25.5. The molecule has 0 aromatic rings. The van der Waals surface area contributed by atoms with Gasteiger partial charge in [-0.3, -0.25) is 0 Å². The van der Waals surface area contributed by atoms with Crippen molar-refractivity contribution < 1.29 is 15.0 Å². The summed E-state index contributed by atoms with van der Waals surface area (Å²) in [5.74, 6) is -1.11. The van der Waals surface area contributed by atoms with Crippen molar-refractivity contribution in [2.24, 2.45) is 0 Å². The van der Waals surface area contributed by atoms with Crippen LogP contribution in [-0.2, 0) is 4.79 Å². The van der Waals surface area contributed by atoms with Crippen LogP contribution in [0.1, 0.15) is 32.1 Å². The average Bonchev–Trinajstić information content (AvgIpc) is 2.15. The maximum atomic E-state index is 10.3. The molecule has 0 amide bonds. The van der Waals surface area contributed by atoms with E-state index in [1.54, 1.807) is 0 Å². The van der Waals surface area contributed by atoms with E-state index < -0.39 is 12.1 Å².